The summed E-state index contributed by atoms with van der Waals surface area (Å²) >= 11 is 2.28. The molecular weight excluding hydrogens is 253 g/mol. The summed E-state index contributed by atoms with van der Waals surface area (Å²) < 4.78 is 1.19. The number of rotatable bonds is 0. The molecule has 2 heterocycles. The van der Waals surface area contributed by atoms with Crippen LogP contribution in [0.2, 0.25) is 0 Å². The molecule has 0 bridgehead atoms. The molecule has 0 saturated heterocycles. The molecule has 0 atom stereocenters. The molecule has 3 nitrogen and oxygen atoms in total. The highest BCUT2D eigenvalue weighted by Gasteiger charge is 2.04. The summed E-state index contributed by atoms with van der Waals surface area (Å²) in [7, 11) is 0. The molecule has 0 amide bonds. The maximum absolute atomic E-state index is 4.12. The van der Waals surface area contributed by atoms with Crippen molar-refractivity contribution >= 4 is 33.6 Å². The quantitative estimate of drug-likeness (QED) is 0.734. The average Bonchev–Trinajstić information content (AvgIpc) is 2.34. The van der Waals surface area contributed by atoms with Gasteiger partial charge in [-0.3, -0.25) is 5.10 Å². The van der Waals surface area contributed by atoms with Crippen LogP contribution in [0.25, 0.3) is 11.0 Å². The molecule has 11 heavy (non-hydrogen) atoms. The van der Waals surface area contributed by atoms with E-state index in [-0.39, 0.29) is 0 Å². The number of fused-ring (bicyclic) bond motifs is 1. The van der Waals surface area contributed by atoms with Gasteiger partial charge in [-0.1, -0.05) is 0 Å². The first-order valence-corrected chi connectivity index (χ1v) is 4.32. The summed E-state index contributed by atoms with van der Waals surface area (Å²) in [4.78, 5) is 4.12. The minimum Gasteiger partial charge on any atom is -0.280 e. The van der Waals surface area contributed by atoms with Crippen LogP contribution in [0.1, 0.15) is 5.69 Å². The van der Waals surface area contributed by atoms with Gasteiger partial charge in [0.1, 0.15) is 0 Å². The summed E-state index contributed by atoms with van der Waals surface area (Å²) in [5.74, 6) is 0. The molecule has 0 radical (unpaired) electrons. The number of hydrogen-bond donors (Lipinski definition) is 1. The summed E-state index contributed by atoms with van der Waals surface area (Å²) in [6.45, 7) is 2.00. The van der Waals surface area contributed by atoms with Gasteiger partial charge >= 0.3 is 0 Å². The number of pyridine rings is 1. The Morgan fingerprint density at radius 1 is 1.55 bits per heavy atom. The fourth-order valence-corrected chi connectivity index (χ4v) is 1.86. The van der Waals surface area contributed by atoms with Crippen molar-refractivity contribution in [1.82, 2.24) is 15.2 Å². The summed E-state index contributed by atoms with van der Waals surface area (Å²) in [6.07, 6.45) is 1.77. The molecule has 2 aromatic rings. The third kappa shape index (κ3) is 1.01. The van der Waals surface area contributed by atoms with Gasteiger partial charge in [0.2, 0.25) is 0 Å². The van der Waals surface area contributed by atoms with E-state index in [0.717, 1.165) is 16.7 Å². The van der Waals surface area contributed by atoms with Crippen LogP contribution in [0.15, 0.2) is 12.3 Å². The van der Waals surface area contributed by atoms with Crippen LogP contribution < -0.4 is 0 Å². The average molecular weight is 259 g/mol. The van der Waals surface area contributed by atoms with Gasteiger partial charge in [-0.2, -0.15) is 5.10 Å². The van der Waals surface area contributed by atoms with Crippen molar-refractivity contribution in [3.63, 3.8) is 0 Å². The summed E-state index contributed by atoms with van der Waals surface area (Å²) in [5, 5.41) is 8.07. The van der Waals surface area contributed by atoms with E-state index >= 15 is 0 Å². The number of nitrogens with zero attached hydrogens (tertiary/aromatic N) is 2. The first-order valence-electron chi connectivity index (χ1n) is 3.24. The van der Waals surface area contributed by atoms with E-state index in [2.05, 4.69) is 37.8 Å². The third-order valence-corrected chi connectivity index (χ3v) is 2.48. The first kappa shape index (κ1) is 7.02. The number of nitrogens with one attached hydrogen (secondary N) is 1. The molecule has 1 N–H and O–H groups in total. The number of aromatic amines is 1. The number of H-pyrrole nitrogens is 1. The molecular formula is C7H6IN3. The maximum atomic E-state index is 4.12. The van der Waals surface area contributed by atoms with Gasteiger partial charge in [0.15, 0.2) is 5.65 Å². The van der Waals surface area contributed by atoms with Crippen molar-refractivity contribution in [2.45, 2.75) is 6.92 Å². The Balaban J connectivity index is 2.96. The van der Waals surface area contributed by atoms with E-state index in [9.17, 15) is 0 Å². The zero-order valence-electron chi connectivity index (χ0n) is 5.93. The number of aromatic nitrogens is 3. The fourth-order valence-electron chi connectivity index (χ4n) is 1.05. The Labute approximate surface area is 77.4 Å². The molecule has 2 rings (SSSR count). The Morgan fingerprint density at radius 2 is 2.36 bits per heavy atom. The van der Waals surface area contributed by atoms with Crippen LogP contribution in [0.4, 0.5) is 0 Å². The van der Waals surface area contributed by atoms with Crippen LogP contribution in [-0.4, -0.2) is 15.2 Å². The van der Waals surface area contributed by atoms with Gasteiger partial charge in [0, 0.05) is 15.5 Å². The standard InChI is InChI=1S/C7H6IN3/c1-4-6-5(8)2-3-9-7(6)11-10-4/h2-3H,1H3,(H,9,10,11). The highest BCUT2D eigenvalue weighted by Crippen LogP contribution is 2.18. The van der Waals surface area contributed by atoms with Crippen LogP contribution in [0.3, 0.4) is 0 Å². The predicted octanol–water partition coefficient (Wildman–Crippen LogP) is 1.87. The summed E-state index contributed by atoms with van der Waals surface area (Å²) in [5.41, 5.74) is 1.88. The van der Waals surface area contributed by atoms with Crippen molar-refractivity contribution < 1.29 is 0 Å². The van der Waals surface area contributed by atoms with Gasteiger partial charge in [-0.25, -0.2) is 4.98 Å². The molecule has 4 heteroatoms. The Kier molecular flexibility index (Phi) is 1.56. The molecule has 0 fully saturated rings. The van der Waals surface area contributed by atoms with E-state index in [1.54, 1.807) is 6.20 Å². The van der Waals surface area contributed by atoms with Gasteiger partial charge < -0.3 is 0 Å². The molecule has 2 aromatic heterocycles. The van der Waals surface area contributed by atoms with Gasteiger partial charge in [-0.15, -0.1) is 0 Å². The molecule has 56 valence electrons. The molecule has 0 saturated carbocycles. The Bertz CT molecular complexity index is 393. The van der Waals surface area contributed by atoms with Crippen LogP contribution in [-0.2, 0) is 0 Å². The Morgan fingerprint density at radius 3 is 3.09 bits per heavy atom. The van der Waals surface area contributed by atoms with Crippen molar-refractivity contribution in [1.29, 1.82) is 0 Å². The van der Waals surface area contributed by atoms with E-state index in [0.29, 0.717) is 0 Å². The van der Waals surface area contributed by atoms with Gasteiger partial charge in [-0.05, 0) is 35.6 Å². The van der Waals surface area contributed by atoms with Crippen molar-refractivity contribution in [3.05, 3.63) is 21.5 Å². The van der Waals surface area contributed by atoms with Gasteiger partial charge in [0.25, 0.3) is 0 Å². The second kappa shape index (κ2) is 2.44. The molecule has 0 aliphatic heterocycles. The van der Waals surface area contributed by atoms with Crippen LogP contribution in [0, 0.1) is 10.5 Å². The predicted molar refractivity (Wildman–Crippen MR) is 51.3 cm³/mol. The molecule has 0 aliphatic rings. The van der Waals surface area contributed by atoms with Crippen LogP contribution >= 0.6 is 22.6 Å². The fraction of sp³-hybridized carbons (Fsp3) is 0.143. The zero-order chi connectivity index (χ0) is 7.84. The maximum Gasteiger partial charge on any atom is 0.182 e. The molecule has 0 aromatic carbocycles. The first-order chi connectivity index (χ1) is 5.29. The lowest BCUT2D eigenvalue weighted by Crippen LogP contribution is -1.78. The zero-order valence-corrected chi connectivity index (χ0v) is 8.08. The largest absolute Gasteiger partial charge is 0.280 e. The third-order valence-electron chi connectivity index (χ3n) is 1.58. The lowest BCUT2D eigenvalue weighted by atomic mass is 10.3. The minimum atomic E-state index is 0.800. The number of aryl methyl sites for hydroxylation is 1. The summed E-state index contributed by atoms with van der Waals surface area (Å²) in [6, 6.07) is 1.98. The highest BCUT2D eigenvalue weighted by molar-refractivity contribution is 14.1. The normalized spacial score (nSPS) is 10.7. The smallest absolute Gasteiger partial charge is 0.182 e. The number of halogens is 1. The van der Waals surface area contributed by atoms with Crippen molar-refractivity contribution in [2.24, 2.45) is 0 Å². The second-order valence-corrected chi connectivity index (χ2v) is 3.50. The van der Waals surface area contributed by atoms with Gasteiger partial charge in [0.05, 0.1) is 5.39 Å². The van der Waals surface area contributed by atoms with E-state index < -0.39 is 0 Å². The highest BCUT2D eigenvalue weighted by atomic mass is 127. The SMILES string of the molecule is Cc1[nH]nc2nccc(I)c12. The second-order valence-electron chi connectivity index (χ2n) is 2.34. The molecule has 0 aliphatic carbocycles. The lowest BCUT2D eigenvalue weighted by molar-refractivity contribution is 1.05. The minimum absolute atomic E-state index is 0.800. The van der Waals surface area contributed by atoms with Crippen molar-refractivity contribution in [2.75, 3.05) is 0 Å². The number of hydrogen-bond acceptors (Lipinski definition) is 2. The monoisotopic (exact) mass is 259 g/mol. The molecule has 0 unspecified atom stereocenters. The lowest BCUT2D eigenvalue weighted by Gasteiger charge is -1.90. The topological polar surface area (TPSA) is 41.6 Å². The van der Waals surface area contributed by atoms with Crippen molar-refractivity contribution in [3.8, 4) is 0 Å². The molecule has 0 spiro atoms. The Hall–Kier alpha value is -0.650. The van der Waals surface area contributed by atoms with E-state index in [1.807, 2.05) is 13.0 Å². The van der Waals surface area contributed by atoms with E-state index in [4.69, 9.17) is 0 Å². The van der Waals surface area contributed by atoms with E-state index in [1.165, 1.54) is 3.57 Å². The van der Waals surface area contributed by atoms with Crippen LogP contribution in [0.5, 0.6) is 0 Å².